The van der Waals surface area contributed by atoms with Crippen molar-refractivity contribution in [1.29, 1.82) is 0 Å². The minimum Gasteiger partial charge on any atom is -0.394 e. The third-order valence-corrected chi connectivity index (χ3v) is 16.6. The van der Waals surface area contributed by atoms with Crippen molar-refractivity contribution < 1.29 is 64.6 Å². The van der Waals surface area contributed by atoms with Crippen LogP contribution in [0.5, 0.6) is 0 Å². The number of carbonyl (C=O) groups is 1. The highest BCUT2D eigenvalue weighted by Crippen LogP contribution is 2.30. The van der Waals surface area contributed by atoms with Crippen molar-refractivity contribution in [2.75, 3.05) is 19.8 Å². The molecule has 14 heteroatoms. The smallest absolute Gasteiger partial charge is 0.220 e. The van der Waals surface area contributed by atoms with Crippen molar-refractivity contribution in [3.8, 4) is 0 Å². The molecule has 12 unspecified atom stereocenters. The van der Waals surface area contributed by atoms with Crippen LogP contribution in [0.2, 0.25) is 0 Å². The number of ether oxygens (including phenoxy) is 4. The predicted molar refractivity (Wildman–Crippen MR) is 368 cm³/mol. The van der Waals surface area contributed by atoms with E-state index in [0.29, 0.717) is 12.8 Å². The van der Waals surface area contributed by atoms with Gasteiger partial charge in [0.1, 0.15) is 48.8 Å². The Hall–Kier alpha value is -3.61. The second-order valence-electron chi connectivity index (χ2n) is 24.6. The zero-order valence-corrected chi connectivity index (χ0v) is 56.1. The number of hydrogen-bond donors (Lipinski definition) is 9. The molecule has 0 aromatic carbocycles. The van der Waals surface area contributed by atoms with Crippen molar-refractivity contribution in [2.45, 2.75) is 331 Å². The fraction of sp³-hybridized carbons (Fsp3) is 0.724. The molecule has 0 aliphatic carbocycles. The highest BCUT2D eigenvalue weighted by molar-refractivity contribution is 5.76. The van der Waals surface area contributed by atoms with Gasteiger partial charge in [0.15, 0.2) is 12.6 Å². The number of amides is 1. The fourth-order valence-electron chi connectivity index (χ4n) is 11.0. The van der Waals surface area contributed by atoms with Crippen LogP contribution in [0.4, 0.5) is 0 Å². The molecule has 516 valence electrons. The van der Waals surface area contributed by atoms with Crippen molar-refractivity contribution >= 4 is 5.91 Å². The quantitative estimate of drug-likeness (QED) is 0.0204. The number of allylic oxidation sites excluding steroid dienone is 19. The van der Waals surface area contributed by atoms with Gasteiger partial charge in [-0.25, -0.2) is 0 Å². The van der Waals surface area contributed by atoms with Crippen LogP contribution in [0.25, 0.3) is 0 Å². The summed E-state index contributed by atoms with van der Waals surface area (Å²) in [6.45, 7) is 2.64. The van der Waals surface area contributed by atoms with Gasteiger partial charge < -0.3 is 65.1 Å². The molecule has 0 saturated carbocycles. The van der Waals surface area contributed by atoms with Crippen LogP contribution in [0.1, 0.15) is 258 Å². The molecule has 0 aromatic heterocycles. The van der Waals surface area contributed by atoms with E-state index in [1.807, 2.05) is 6.08 Å². The Labute approximate surface area is 546 Å². The summed E-state index contributed by atoms with van der Waals surface area (Å²) in [6.07, 6.45) is 69.9. The van der Waals surface area contributed by atoms with Crippen LogP contribution < -0.4 is 5.32 Å². The molecule has 0 spiro atoms. The summed E-state index contributed by atoms with van der Waals surface area (Å²) in [7, 11) is 0. The zero-order chi connectivity index (χ0) is 65.2. The van der Waals surface area contributed by atoms with Gasteiger partial charge >= 0.3 is 0 Å². The molecule has 14 nitrogen and oxygen atoms in total. The minimum atomic E-state index is -1.80. The number of unbranched alkanes of at least 4 members (excludes halogenated alkanes) is 26. The number of aliphatic hydroxyl groups excluding tert-OH is 8. The molecule has 90 heavy (non-hydrogen) atoms. The lowest BCUT2D eigenvalue weighted by atomic mass is 9.97. The first-order valence-corrected chi connectivity index (χ1v) is 35.8. The average molecular weight is 1260 g/mol. The van der Waals surface area contributed by atoms with Crippen molar-refractivity contribution in [3.63, 3.8) is 0 Å². The first-order chi connectivity index (χ1) is 44.1. The van der Waals surface area contributed by atoms with Gasteiger partial charge in [-0.05, 0) is 103 Å². The van der Waals surface area contributed by atoms with Gasteiger partial charge in [0.2, 0.25) is 5.91 Å². The summed E-state index contributed by atoms with van der Waals surface area (Å²) in [6, 6.07) is -0.943. The third-order valence-electron chi connectivity index (χ3n) is 16.6. The summed E-state index contributed by atoms with van der Waals surface area (Å²) < 4.78 is 22.8. The van der Waals surface area contributed by atoms with Crippen LogP contribution in [0.15, 0.2) is 122 Å². The summed E-state index contributed by atoms with van der Waals surface area (Å²) in [4.78, 5) is 13.3. The van der Waals surface area contributed by atoms with E-state index in [-0.39, 0.29) is 18.9 Å². The maximum absolute atomic E-state index is 13.3. The predicted octanol–water partition coefficient (Wildman–Crippen LogP) is 14.9. The Morgan fingerprint density at radius 3 is 1.22 bits per heavy atom. The lowest BCUT2D eigenvalue weighted by molar-refractivity contribution is -0.359. The second-order valence-corrected chi connectivity index (χ2v) is 24.6. The van der Waals surface area contributed by atoms with Gasteiger partial charge in [0.25, 0.3) is 0 Å². The topological polar surface area (TPSA) is 228 Å². The molecular weight excluding hydrogens is 1130 g/mol. The highest BCUT2D eigenvalue weighted by atomic mass is 16.7. The van der Waals surface area contributed by atoms with E-state index in [9.17, 15) is 45.6 Å². The first kappa shape index (κ1) is 82.5. The van der Waals surface area contributed by atoms with Crippen LogP contribution in [-0.4, -0.2) is 140 Å². The number of hydrogen-bond acceptors (Lipinski definition) is 13. The molecule has 1 amide bonds. The van der Waals surface area contributed by atoms with Crippen LogP contribution in [0, 0.1) is 0 Å². The first-order valence-electron chi connectivity index (χ1n) is 35.8. The normalized spacial score (nSPS) is 23.7. The molecule has 9 N–H and O–H groups in total. The molecule has 2 rings (SSSR count). The monoisotopic (exact) mass is 1260 g/mol. The number of aliphatic hydroxyl groups is 8. The van der Waals surface area contributed by atoms with Gasteiger partial charge in [-0.15, -0.1) is 0 Å². The third kappa shape index (κ3) is 42.6. The fourth-order valence-corrected chi connectivity index (χ4v) is 11.0. The highest BCUT2D eigenvalue weighted by Gasteiger charge is 2.51. The van der Waals surface area contributed by atoms with E-state index >= 15 is 0 Å². The van der Waals surface area contributed by atoms with E-state index in [2.05, 4.69) is 129 Å². The molecule has 0 bridgehead atoms. The van der Waals surface area contributed by atoms with E-state index in [0.717, 1.165) is 89.9 Å². The van der Waals surface area contributed by atoms with Gasteiger partial charge in [-0.3, -0.25) is 4.79 Å². The molecule has 2 heterocycles. The SMILES string of the molecule is CC/C=C\C/C=C\C/C=C\C/C=C\C/C=C\C/C=C\C/C=C\CCCCCCCCCCCCCCCCCCCCCC(=O)NC(COC1OC(CO)C(OC2OC(CO)C(O)C(O)C2O)C(O)C1O)C(O)/C=C/CC/C=C/CC/C=C/CCCCCCC. The van der Waals surface area contributed by atoms with Crippen molar-refractivity contribution in [3.05, 3.63) is 122 Å². The minimum absolute atomic E-state index is 0.255. The standard InChI is InChI=1S/C76H129NO13/c1-3-5-7-9-11-13-15-17-19-20-21-22-23-24-25-26-27-28-29-30-31-32-33-34-35-36-37-38-39-40-41-42-43-44-46-48-50-52-54-56-58-60-68(81)77-64(65(80)59-57-55-53-51-49-47-45-18-16-14-12-10-8-6-4-2)63-87-75-73(86)71(84)74(67(62-79)89-75)90-76-72(85)70(83)69(82)66(61-78)88-76/h5,7,11,13,16-19,21-22,24-25,27-28,30-31,49,51,57,59,64-67,69-76,78-80,82-86H,3-4,6,8-10,12,14-15,20,23,26,29,32-48,50,52-56,58,60-63H2,1-2H3,(H,77,81)/b7-5-,13-11-,18-16+,19-17-,22-21-,25-24-,28-27-,31-30-,51-49+,59-57+. The van der Waals surface area contributed by atoms with E-state index in [1.54, 1.807) is 6.08 Å². The van der Waals surface area contributed by atoms with Crippen LogP contribution >= 0.6 is 0 Å². The van der Waals surface area contributed by atoms with Crippen molar-refractivity contribution in [2.24, 2.45) is 0 Å². The van der Waals surface area contributed by atoms with Gasteiger partial charge in [-0.2, -0.15) is 0 Å². The molecule has 2 aliphatic heterocycles. The second kappa shape index (κ2) is 59.2. The van der Waals surface area contributed by atoms with Gasteiger partial charge in [-0.1, -0.05) is 270 Å². The molecule has 2 saturated heterocycles. The molecule has 2 aliphatic rings. The molecule has 12 atom stereocenters. The summed E-state index contributed by atoms with van der Waals surface area (Å²) >= 11 is 0. The molecule has 0 aromatic rings. The Kier molecular flexibility index (Phi) is 54.2. The maximum atomic E-state index is 13.3. The lowest BCUT2D eigenvalue weighted by Crippen LogP contribution is -2.65. The van der Waals surface area contributed by atoms with Gasteiger partial charge in [0, 0.05) is 6.42 Å². The largest absolute Gasteiger partial charge is 0.394 e. The Bertz CT molecular complexity index is 1980. The Morgan fingerprint density at radius 2 is 0.778 bits per heavy atom. The number of rotatable bonds is 57. The maximum Gasteiger partial charge on any atom is 0.220 e. The number of carbonyl (C=O) groups excluding carboxylic acids is 1. The van der Waals surface area contributed by atoms with E-state index in [4.69, 9.17) is 18.9 Å². The van der Waals surface area contributed by atoms with Crippen LogP contribution in [0.3, 0.4) is 0 Å². The van der Waals surface area contributed by atoms with Crippen LogP contribution in [-0.2, 0) is 23.7 Å². The lowest BCUT2D eigenvalue weighted by Gasteiger charge is -2.46. The van der Waals surface area contributed by atoms with Crippen molar-refractivity contribution in [1.82, 2.24) is 5.32 Å². The Balaban J connectivity index is 1.58. The molecule has 0 radical (unpaired) electrons. The summed E-state index contributed by atoms with van der Waals surface area (Å²) in [5.74, 6) is -0.255. The summed E-state index contributed by atoms with van der Waals surface area (Å²) in [5.41, 5.74) is 0. The van der Waals surface area contributed by atoms with E-state index in [1.165, 1.54) is 135 Å². The molecule has 2 fully saturated rings. The number of nitrogens with one attached hydrogen (secondary N) is 1. The zero-order valence-electron chi connectivity index (χ0n) is 56.1. The van der Waals surface area contributed by atoms with Gasteiger partial charge in [0.05, 0.1) is 32.0 Å². The van der Waals surface area contributed by atoms with E-state index < -0.39 is 86.8 Å². The molecular formula is C76H129NO13. The average Bonchev–Trinajstić information content (AvgIpc) is 1.58. The summed E-state index contributed by atoms with van der Waals surface area (Å²) in [5, 5.41) is 87.2. The Morgan fingerprint density at radius 1 is 0.411 bits per heavy atom.